The van der Waals surface area contributed by atoms with Gasteiger partial charge in [-0.05, 0) is 36.8 Å². The minimum Gasteiger partial charge on any atom is -0.361 e. The van der Waals surface area contributed by atoms with E-state index in [9.17, 15) is 8.42 Å². The molecule has 1 aromatic heterocycles. The van der Waals surface area contributed by atoms with Crippen LogP contribution in [0.5, 0.6) is 0 Å². The first-order valence-corrected chi connectivity index (χ1v) is 10.5. The van der Waals surface area contributed by atoms with E-state index in [2.05, 4.69) is 10.1 Å². The molecule has 0 spiro atoms. The molecule has 6 nitrogen and oxygen atoms in total. The Kier molecular flexibility index (Phi) is 4.75. The van der Waals surface area contributed by atoms with Crippen molar-refractivity contribution in [2.75, 3.05) is 26.2 Å². The monoisotopic (exact) mass is 385 g/mol. The average Bonchev–Trinajstić information content (AvgIpc) is 3.00. The van der Waals surface area contributed by atoms with Gasteiger partial charge in [0.2, 0.25) is 10.0 Å². The normalized spacial score (nSPS) is 16.8. The Labute approximate surface area is 159 Å². The van der Waals surface area contributed by atoms with Gasteiger partial charge in [0.25, 0.3) is 0 Å². The molecule has 0 saturated carbocycles. The first-order valence-electron chi connectivity index (χ1n) is 9.08. The first kappa shape index (κ1) is 18.2. The van der Waals surface area contributed by atoms with Crippen molar-refractivity contribution < 1.29 is 12.9 Å². The van der Waals surface area contributed by atoms with Crippen LogP contribution in [0.3, 0.4) is 0 Å². The van der Waals surface area contributed by atoms with E-state index in [4.69, 9.17) is 4.52 Å². The van der Waals surface area contributed by atoms with Crippen LogP contribution < -0.4 is 0 Å². The van der Waals surface area contributed by atoms with Gasteiger partial charge in [0, 0.05) is 38.3 Å². The average molecular weight is 385 g/mol. The highest BCUT2D eigenvalue weighted by Crippen LogP contribution is 2.23. The second kappa shape index (κ2) is 7.07. The smallest absolute Gasteiger partial charge is 0.243 e. The van der Waals surface area contributed by atoms with Crippen molar-refractivity contribution in [1.82, 2.24) is 14.4 Å². The Balaban J connectivity index is 1.47. The third kappa shape index (κ3) is 3.50. The number of aromatic nitrogens is 1. The van der Waals surface area contributed by atoms with E-state index in [1.54, 1.807) is 16.4 Å². The van der Waals surface area contributed by atoms with Crippen molar-refractivity contribution in [3.05, 3.63) is 59.5 Å². The second-order valence-corrected chi connectivity index (χ2v) is 8.93. The molecule has 4 rings (SSSR count). The second-order valence-electron chi connectivity index (χ2n) is 6.99. The van der Waals surface area contributed by atoms with E-state index in [-0.39, 0.29) is 0 Å². The summed E-state index contributed by atoms with van der Waals surface area (Å²) in [5, 5.41) is 5.98. The zero-order chi connectivity index (χ0) is 19.0. The van der Waals surface area contributed by atoms with E-state index < -0.39 is 10.0 Å². The van der Waals surface area contributed by atoms with Gasteiger partial charge in [-0.15, -0.1) is 0 Å². The Morgan fingerprint density at radius 3 is 2.37 bits per heavy atom. The van der Waals surface area contributed by atoms with Gasteiger partial charge in [-0.25, -0.2) is 8.42 Å². The van der Waals surface area contributed by atoms with Crippen LogP contribution in [0.1, 0.15) is 17.0 Å². The molecule has 1 fully saturated rings. The van der Waals surface area contributed by atoms with Crippen LogP contribution in [0.2, 0.25) is 0 Å². The summed E-state index contributed by atoms with van der Waals surface area (Å²) in [6, 6.07) is 13.1. The van der Waals surface area contributed by atoms with Gasteiger partial charge in [0.15, 0.2) is 0 Å². The Bertz CT molecular complexity index is 1050. The number of sulfonamides is 1. The molecular formula is C20H23N3O3S. The van der Waals surface area contributed by atoms with Crippen molar-refractivity contribution >= 4 is 20.8 Å². The minimum atomic E-state index is -3.48. The lowest BCUT2D eigenvalue weighted by Gasteiger charge is -2.33. The first-order chi connectivity index (χ1) is 12.9. The van der Waals surface area contributed by atoms with E-state index in [0.717, 1.165) is 34.3 Å². The van der Waals surface area contributed by atoms with Gasteiger partial charge in [-0.2, -0.15) is 4.31 Å². The van der Waals surface area contributed by atoms with Crippen molar-refractivity contribution in [3.8, 4) is 0 Å². The molecule has 0 amide bonds. The predicted octanol–water partition coefficient (Wildman–Crippen LogP) is 2.95. The summed E-state index contributed by atoms with van der Waals surface area (Å²) in [6.45, 7) is 6.94. The maximum Gasteiger partial charge on any atom is 0.243 e. The largest absolute Gasteiger partial charge is 0.361 e. The van der Waals surface area contributed by atoms with Crippen LogP contribution in [-0.4, -0.2) is 49.0 Å². The fourth-order valence-corrected chi connectivity index (χ4v) is 5.01. The standard InChI is InChI=1S/C20H23N3O3S/c1-15-20(16(2)26-21-15)14-22-9-11-23(12-10-22)27(24,25)19-8-7-17-5-3-4-6-18(17)13-19/h3-8,13H,9-12,14H2,1-2H3. The lowest BCUT2D eigenvalue weighted by atomic mass is 10.1. The Hall–Kier alpha value is -2.22. The van der Waals surface area contributed by atoms with Crippen molar-refractivity contribution in [2.24, 2.45) is 0 Å². The van der Waals surface area contributed by atoms with Gasteiger partial charge >= 0.3 is 0 Å². The van der Waals surface area contributed by atoms with Crippen LogP contribution >= 0.6 is 0 Å². The number of rotatable bonds is 4. The third-order valence-corrected chi connectivity index (χ3v) is 7.15. The van der Waals surface area contributed by atoms with E-state index in [1.807, 2.05) is 44.2 Å². The lowest BCUT2D eigenvalue weighted by molar-refractivity contribution is 0.180. The quantitative estimate of drug-likeness (QED) is 0.691. The highest BCUT2D eigenvalue weighted by Gasteiger charge is 2.29. The zero-order valence-electron chi connectivity index (χ0n) is 15.6. The summed E-state index contributed by atoms with van der Waals surface area (Å²) in [6.07, 6.45) is 0. The lowest BCUT2D eigenvalue weighted by Crippen LogP contribution is -2.48. The molecule has 1 aliphatic rings. The molecule has 0 aliphatic carbocycles. The third-order valence-electron chi connectivity index (χ3n) is 5.25. The van der Waals surface area contributed by atoms with Crippen LogP contribution in [0.15, 0.2) is 51.9 Å². The van der Waals surface area contributed by atoms with E-state index in [0.29, 0.717) is 31.1 Å². The summed E-state index contributed by atoms with van der Waals surface area (Å²) >= 11 is 0. The molecule has 0 atom stereocenters. The topological polar surface area (TPSA) is 66.7 Å². The molecule has 1 saturated heterocycles. The summed E-state index contributed by atoms with van der Waals surface area (Å²) in [5.41, 5.74) is 2.00. The molecule has 7 heteroatoms. The molecule has 3 aromatic rings. The predicted molar refractivity (Wildman–Crippen MR) is 104 cm³/mol. The van der Waals surface area contributed by atoms with Crippen LogP contribution in [0.25, 0.3) is 10.8 Å². The zero-order valence-corrected chi connectivity index (χ0v) is 16.4. The molecule has 2 heterocycles. The molecule has 27 heavy (non-hydrogen) atoms. The molecule has 0 bridgehead atoms. The Morgan fingerprint density at radius 1 is 1.00 bits per heavy atom. The van der Waals surface area contributed by atoms with Crippen LogP contribution in [0.4, 0.5) is 0 Å². The maximum absolute atomic E-state index is 13.0. The molecule has 0 N–H and O–H groups in total. The van der Waals surface area contributed by atoms with Crippen LogP contribution in [0, 0.1) is 13.8 Å². The molecule has 142 valence electrons. The molecule has 0 radical (unpaired) electrons. The fraction of sp³-hybridized carbons (Fsp3) is 0.350. The fourth-order valence-electron chi connectivity index (χ4n) is 3.56. The molecule has 0 unspecified atom stereocenters. The molecule has 2 aromatic carbocycles. The van der Waals surface area contributed by atoms with Gasteiger partial charge < -0.3 is 4.52 Å². The molecule has 1 aliphatic heterocycles. The maximum atomic E-state index is 13.0. The van der Waals surface area contributed by atoms with E-state index in [1.165, 1.54) is 0 Å². The number of piperazine rings is 1. The van der Waals surface area contributed by atoms with Gasteiger partial charge in [0.05, 0.1) is 10.6 Å². The van der Waals surface area contributed by atoms with Gasteiger partial charge in [-0.1, -0.05) is 35.5 Å². The SMILES string of the molecule is Cc1noc(C)c1CN1CCN(S(=O)(=O)c2ccc3ccccc3c2)CC1. The number of nitrogens with zero attached hydrogens (tertiary/aromatic N) is 3. The Morgan fingerprint density at radius 2 is 1.70 bits per heavy atom. The van der Waals surface area contributed by atoms with Crippen molar-refractivity contribution in [1.29, 1.82) is 0 Å². The van der Waals surface area contributed by atoms with Crippen molar-refractivity contribution in [2.45, 2.75) is 25.3 Å². The number of fused-ring (bicyclic) bond motifs is 1. The van der Waals surface area contributed by atoms with Crippen LogP contribution in [-0.2, 0) is 16.6 Å². The number of benzene rings is 2. The van der Waals surface area contributed by atoms with Crippen molar-refractivity contribution in [3.63, 3.8) is 0 Å². The highest BCUT2D eigenvalue weighted by molar-refractivity contribution is 7.89. The number of aryl methyl sites for hydroxylation is 2. The summed E-state index contributed by atoms with van der Waals surface area (Å²) in [5.74, 6) is 0.832. The highest BCUT2D eigenvalue weighted by atomic mass is 32.2. The minimum absolute atomic E-state index is 0.361. The summed E-state index contributed by atoms with van der Waals surface area (Å²) in [7, 11) is -3.48. The number of hydrogen-bond acceptors (Lipinski definition) is 5. The number of hydrogen-bond donors (Lipinski definition) is 0. The van der Waals surface area contributed by atoms with Gasteiger partial charge in [0.1, 0.15) is 5.76 Å². The summed E-state index contributed by atoms with van der Waals surface area (Å²) < 4.78 is 32.9. The van der Waals surface area contributed by atoms with Gasteiger partial charge in [-0.3, -0.25) is 4.90 Å². The summed E-state index contributed by atoms with van der Waals surface area (Å²) in [4.78, 5) is 2.61. The van der Waals surface area contributed by atoms with E-state index >= 15 is 0 Å². The molecular weight excluding hydrogens is 362 g/mol.